The number of rotatable bonds is 4. The smallest absolute Gasteiger partial charge is 0.226 e. The minimum Gasteiger partial charge on any atom is -0.480 e. The highest BCUT2D eigenvalue weighted by atomic mass is 16.5. The summed E-state index contributed by atoms with van der Waals surface area (Å²) in [5.41, 5.74) is 6.40. The highest BCUT2D eigenvalue weighted by Gasteiger charge is 2.33. The highest BCUT2D eigenvalue weighted by Crippen LogP contribution is 2.35. The van der Waals surface area contributed by atoms with E-state index in [2.05, 4.69) is 45.4 Å². The first-order chi connectivity index (χ1) is 12.7. The molecule has 0 unspecified atom stereocenters. The van der Waals surface area contributed by atoms with Crippen molar-refractivity contribution in [1.82, 2.24) is 29.7 Å². The summed E-state index contributed by atoms with van der Waals surface area (Å²) in [5.74, 6) is 1.70. The lowest BCUT2D eigenvalue weighted by molar-refractivity contribution is 0.0624. The third-order valence-electron chi connectivity index (χ3n) is 5.75. The van der Waals surface area contributed by atoms with Gasteiger partial charge in [-0.25, -0.2) is 15.4 Å². The molecule has 26 heavy (non-hydrogen) atoms. The first-order valence-corrected chi connectivity index (χ1v) is 9.25. The molecule has 0 aromatic carbocycles. The van der Waals surface area contributed by atoms with E-state index in [-0.39, 0.29) is 0 Å². The molecule has 1 N–H and O–H groups in total. The molecule has 5 heterocycles. The number of ether oxygens (including phenoxy) is 1. The Morgan fingerprint density at radius 3 is 2.81 bits per heavy atom. The van der Waals surface area contributed by atoms with Crippen LogP contribution < -0.4 is 15.1 Å². The molecular formula is C18H25N7O. The summed E-state index contributed by atoms with van der Waals surface area (Å²) in [5, 5.41) is 2.22. The summed E-state index contributed by atoms with van der Waals surface area (Å²) in [6, 6.07) is 1.03. The van der Waals surface area contributed by atoms with Crippen LogP contribution in [-0.4, -0.2) is 76.7 Å². The number of imidazole rings is 1. The van der Waals surface area contributed by atoms with E-state index in [1.54, 1.807) is 7.11 Å². The third-order valence-corrected chi connectivity index (χ3v) is 5.75. The molecular weight excluding hydrogens is 330 g/mol. The van der Waals surface area contributed by atoms with Crippen molar-refractivity contribution in [2.75, 3.05) is 45.2 Å². The van der Waals surface area contributed by atoms with Gasteiger partial charge in [-0.15, -0.1) is 0 Å². The van der Waals surface area contributed by atoms with Crippen LogP contribution in [-0.2, 0) is 0 Å². The Kier molecular flexibility index (Phi) is 3.58. The van der Waals surface area contributed by atoms with Gasteiger partial charge in [0.1, 0.15) is 5.69 Å². The van der Waals surface area contributed by atoms with Crippen molar-refractivity contribution in [3.8, 4) is 5.88 Å². The molecule has 8 heteroatoms. The topological polar surface area (TPSA) is 61.2 Å². The zero-order valence-electron chi connectivity index (χ0n) is 15.5. The van der Waals surface area contributed by atoms with Crippen LogP contribution in [0.1, 0.15) is 19.0 Å². The molecule has 0 bridgehead atoms. The van der Waals surface area contributed by atoms with Crippen LogP contribution in [0.2, 0.25) is 0 Å². The predicted octanol–water partition coefficient (Wildman–Crippen LogP) is 0.812. The summed E-state index contributed by atoms with van der Waals surface area (Å²) in [7, 11) is 3.85. The fourth-order valence-electron chi connectivity index (χ4n) is 4.04. The lowest BCUT2D eigenvalue weighted by atomic mass is 10.1. The van der Waals surface area contributed by atoms with Crippen LogP contribution in [0.5, 0.6) is 5.88 Å². The van der Waals surface area contributed by atoms with Gasteiger partial charge in [-0.2, -0.15) is 0 Å². The summed E-state index contributed by atoms with van der Waals surface area (Å²) in [6.45, 7) is 6.19. The van der Waals surface area contributed by atoms with Gasteiger partial charge in [-0.05, 0) is 20.4 Å². The number of hydrogen-bond acceptors (Lipinski definition) is 7. The molecule has 2 aromatic heterocycles. The maximum Gasteiger partial charge on any atom is 0.226 e. The number of likely N-dealkylation sites (N-methyl/N-ethyl adjacent to an activating group) is 1. The molecule has 0 spiro atoms. The van der Waals surface area contributed by atoms with Gasteiger partial charge in [-0.1, -0.05) is 0 Å². The average Bonchev–Trinajstić information content (AvgIpc) is 3.26. The number of methoxy groups -OCH3 is 1. The Labute approximate surface area is 153 Å². The van der Waals surface area contributed by atoms with Gasteiger partial charge < -0.3 is 19.5 Å². The Balaban J connectivity index is 1.57. The van der Waals surface area contributed by atoms with E-state index in [0.29, 0.717) is 12.1 Å². The molecule has 0 radical (unpaired) electrons. The molecule has 0 aliphatic carbocycles. The maximum absolute atomic E-state index is 5.74. The van der Waals surface area contributed by atoms with E-state index in [9.17, 15) is 0 Å². The number of hydrazine groups is 1. The van der Waals surface area contributed by atoms with Crippen molar-refractivity contribution >= 4 is 17.0 Å². The van der Waals surface area contributed by atoms with Gasteiger partial charge >= 0.3 is 0 Å². The van der Waals surface area contributed by atoms with Crippen LogP contribution >= 0.6 is 0 Å². The zero-order valence-corrected chi connectivity index (χ0v) is 15.5. The second kappa shape index (κ2) is 5.85. The quantitative estimate of drug-likeness (QED) is 0.871. The first kappa shape index (κ1) is 15.9. The molecule has 3 aliphatic rings. The van der Waals surface area contributed by atoms with Crippen LogP contribution in [0, 0.1) is 0 Å². The average molecular weight is 355 g/mol. The fraction of sp³-hybridized carbons (Fsp3) is 0.556. The second-order valence-corrected chi connectivity index (χ2v) is 7.52. The SMILES string of the molecule is COc1c(C2=CN(C3CN(C)C3)NC2)nc(N2CC[C@@H]2C)c2nccn12. The minimum absolute atomic E-state index is 0.502. The van der Waals surface area contributed by atoms with Gasteiger partial charge in [0.2, 0.25) is 5.88 Å². The standard InChI is InChI=1S/C18H25N7O/c1-12-4-6-23(12)17-16-19-5-7-24(16)18(26-3)15(21-17)13-8-20-25(9-13)14-10-22(2)11-14/h5,7,9,12,14,20H,4,6,8,10-11H2,1-3H3/t12-/m0/s1. The number of aromatic nitrogens is 3. The monoisotopic (exact) mass is 355 g/mol. The van der Waals surface area contributed by atoms with Crippen molar-refractivity contribution in [3.63, 3.8) is 0 Å². The number of anilines is 1. The Morgan fingerprint density at radius 1 is 1.31 bits per heavy atom. The molecule has 0 amide bonds. The number of likely N-dealkylation sites (tertiary alicyclic amines) is 1. The molecule has 2 aromatic rings. The summed E-state index contributed by atoms with van der Waals surface area (Å²) >= 11 is 0. The zero-order chi connectivity index (χ0) is 17.8. The van der Waals surface area contributed by atoms with Crippen molar-refractivity contribution in [3.05, 3.63) is 24.3 Å². The number of nitrogens with one attached hydrogen (secondary N) is 1. The summed E-state index contributed by atoms with van der Waals surface area (Å²) in [4.78, 5) is 14.2. The van der Waals surface area contributed by atoms with Gasteiger partial charge in [0, 0.05) is 56.4 Å². The van der Waals surface area contributed by atoms with E-state index >= 15 is 0 Å². The molecule has 5 rings (SSSR count). The van der Waals surface area contributed by atoms with Gasteiger partial charge in [0.15, 0.2) is 11.5 Å². The normalized spacial score (nSPS) is 24.0. The van der Waals surface area contributed by atoms with Gasteiger partial charge in [-0.3, -0.25) is 4.40 Å². The minimum atomic E-state index is 0.502. The number of fused-ring (bicyclic) bond motifs is 1. The Hall–Kier alpha value is -2.32. The van der Waals surface area contributed by atoms with Crippen molar-refractivity contribution in [2.45, 2.75) is 25.4 Å². The third kappa shape index (κ3) is 2.29. The predicted molar refractivity (Wildman–Crippen MR) is 100 cm³/mol. The van der Waals surface area contributed by atoms with E-state index in [1.165, 1.54) is 6.42 Å². The van der Waals surface area contributed by atoms with Crippen LogP contribution in [0.3, 0.4) is 0 Å². The lowest BCUT2D eigenvalue weighted by Crippen LogP contribution is -2.58. The van der Waals surface area contributed by atoms with Crippen molar-refractivity contribution in [2.24, 2.45) is 0 Å². The Morgan fingerprint density at radius 2 is 2.15 bits per heavy atom. The van der Waals surface area contributed by atoms with E-state index in [1.807, 2.05) is 16.8 Å². The molecule has 8 nitrogen and oxygen atoms in total. The van der Waals surface area contributed by atoms with Crippen molar-refractivity contribution in [1.29, 1.82) is 0 Å². The molecule has 0 saturated carbocycles. The van der Waals surface area contributed by atoms with Crippen LogP contribution in [0.25, 0.3) is 11.2 Å². The molecule has 3 aliphatic heterocycles. The summed E-state index contributed by atoms with van der Waals surface area (Å²) < 4.78 is 7.76. The largest absolute Gasteiger partial charge is 0.480 e. The van der Waals surface area contributed by atoms with E-state index in [4.69, 9.17) is 9.72 Å². The lowest BCUT2D eigenvalue weighted by Gasteiger charge is -2.41. The molecule has 2 fully saturated rings. The van der Waals surface area contributed by atoms with E-state index in [0.717, 1.165) is 54.8 Å². The second-order valence-electron chi connectivity index (χ2n) is 7.52. The summed E-state index contributed by atoms with van der Waals surface area (Å²) in [6.07, 6.45) is 7.15. The first-order valence-electron chi connectivity index (χ1n) is 9.25. The molecule has 2 saturated heterocycles. The number of hydrogen-bond donors (Lipinski definition) is 1. The number of nitrogens with zero attached hydrogens (tertiary/aromatic N) is 6. The van der Waals surface area contributed by atoms with Crippen molar-refractivity contribution < 1.29 is 4.74 Å². The maximum atomic E-state index is 5.74. The fourth-order valence-corrected chi connectivity index (χ4v) is 4.04. The van der Waals surface area contributed by atoms with Gasteiger partial charge in [0.05, 0.1) is 13.2 Å². The Bertz CT molecular complexity index is 870. The molecule has 138 valence electrons. The highest BCUT2D eigenvalue weighted by molar-refractivity contribution is 5.76. The van der Waals surface area contributed by atoms with Gasteiger partial charge in [0.25, 0.3) is 0 Å². The van der Waals surface area contributed by atoms with Crippen LogP contribution in [0.4, 0.5) is 5.82 Å². The van der Waals surface area contributed by atoms with E-state index < -0.39 is 0 Å². The molecule has 1 atom stereocenters. The van der Waals surface area contributed by atoms with Crippen LogP contribution in [0.15, 0.2) is 18.6 Å².